The molecule has 2 aliphatic rings. The van der Waals surface area contributed by atoms with Crippen molar-refractivity contribution >= 4 is 5.91 Å². The molecule has 0 bridgehead atoms. The lowest BCUT2D eigenvalue weighted by Gasteiger charge is -2.52. The van der Waals surface area contributed by atoms with Crippen LogP contribution in [0.1, 0.15) is 54.0 Å². The number of benzene rings is 1. The lowest BCUT2D eigenvalue weighted by atomic mass is 9.80. The molecule has 0 saturated carbocycles. The number of carbonyl (C=O) groups excluding carboxylic acids is 1. The van der Waals surface area contributed by atoms with E-state index in [2.05, 4.69) is 0 Å². The highest BCUT2D eigenvalue weighted by Gasteiger charge is 2.51. The van der Waals surface area contributed by atoms with Gasteiger partial charge in [-0.25, -0.2) is 0 Å². The standard InChI is InChI=1S/C24H27F6N3O2/c1-21(2,35)17-5-3-16(4-6-17)20(34)31-11-9-22(10-12-31)18-7-8-19(24(28,29)30)33(18)14-13-32(22)15-23(25,26)27/h3-8,35H,9-15H2,1-2H3. The van der Waals surface area contributed by atoms with Crippen LogP contribution in [0.3, 0.4) is 0 Å². The molecule has 5 nitrogen and oxygen atoms in total. The molecule has 1 N–H and O–H groups in total. The van der Waals surface area contributed by atoms with Gasteiger partial charge in [0.25, 0.3) is 5.91 Å². The molecule has 192 valence electrons. The van der Waals surface area contributed by atoms with Crippen LogP contribution in [-0.4, -0.2) is 57.7 Å². The number of carbonyl (C=O) groups is 1. The van der Waals surface area contributed by atoms with Gasteiger partial charge in [0, 0.05) is 37.4 Å². The van der Waals surface area contributed by atoms with E-state index in [-0.39, 0.29) is 50.6 Å². The summed E-state index contributed by atoms with van der Waals surface area (Å²) in [6, 6.07) is 8.63. The first-order chi connectivity index (χ1) is 16.1. The number of alkyl halides is 6. The summed E-state index contributed by atoms with van der Waals surface area (Å²) in [6.45, 7) is 1.85. The number of amides is 1. The zero-order valence-electron chi connectivity index (χ0n) is 19.4. The molecule has 0 radical (unpaired) electrons. The van der Waals surface area contributed by atoms with Crippen molar-refractivity contribution < 1.29 is 36.2 Å². The van der Waals surface area contributed by atoms with Gasteiger partial charge in [-0.15, -0.1) is 0 Å². The Hall–Kier alpha value is -2.53. The molecule has 0 aliphatic carbocycles. The number of hydrogen-bond donors (Lipinski definition) is 1. The van der Waals surface area contributed by atoms with Crippen molar-refractivity contribution in [3.63, 3.8) is 0 Å². The van der Waals surface area contributed by atoms with Crippen LogP contribution >= 0.6 is 0 Å². The topological polar surface area (TPSA) is 48.7 Å². The Labute approximate surface area is 198 Å². The minimum atomic E-state index is -4.61. The van der Waals surface area contributed by atoms with Crippen LogP contribution in [0.2, 0.25) is 0 Å². The molecule has 35 heavy (non-hydrogen) atoms. The third-order valence-electron chi connectivity index (χ3n) is 7.03. The number of rotatable bonds is 3. The van der Waals surface area contributed by atoms with Crippen molar-refractivity contribution in [3.05, 3.63) is 58.9 Å². The third kappa shape index (κ3) is 4.93. The SMILES string of the molecule is CC(C)(O)c1ccc(C(=O)N2CCC3(CC2)c2ccc(C(F)(F)F)n2CCN3CC(F)(F)F)cc1. The largest absolute Gasteiger partial charge is 0.431 e. The molecule has 1 spiro atoms. The maximum Gasteiger partial charge on any atom is 0.431 e. The van der Waals surface area contributed by atoms with Gasteiger partial charge in [-0.1, -0.05) is 12.1 Å². The predicted octanol–water partition coefficient (Wildman–Crippen LogP) is 4.74. The summed E-state index contributed by atoms with van der Waals surface area (Å²) < 4.78 is 81.7. The maximum atomic E-state index is 13.5. The summed E-state index contributed by atoms with van der Waals surface area (Å²) in [5, 5.41) is 10.1. The average Bonchev–Trinajstić information content (AvgIpc) is 3.20. The van der Waals surface area contributed by atoms with Crippen molar-refractivity contribution in [1.82, 2.24) is 14.4 Å². The molecule has 1 aromatic heterocycles. The Morgan fingerprint density at radius 3 is 2.03 bits per heavy atom. The number of likely N-dealkylation sites (tertiary alicyclic amines) is 1. The van der Waals surface area contributed by atoms with Crippen molar-refractivity contribution in [2.75, 3.05) is 26.2 Å². The average molecular weight is 503 g/mol. The molecule has 4 rings (SSSR count). The van der Waals surface area contributed by atoms with E-state index < -0.39 is 35.7 Å². The van der Waals surface area contributed by atoms with Crippen LogP contribution in [0, 0.1) is 0 Å². The highest BCUT2D eigenvalue weighted by atomic mass is 19.4. The Morgan fingerprint density at radius 1 is 0.914 bits per heavy atom. The van der Waals surface area contributed by atoms with E-state index in [0.717, 1.165) is 10.6 Å². The molecule has 2 aliphatic heterocycles. The van der Waals surface area contributed by atoms with Crippen molar-refractivity contribution in [1.29, 1.82) is 0 Å². The predicted molar refractivity (Wildman–Crippen MR) is 116 cm³/mol. The monoisotopic (exact) mass is 503 g/mol. The molecule has 0 atom stereocenters. The summed E-state index contributed by atoms with van der Waals surface area (Å²) in [5.41, 5.74) is -2.00. The smallest absolute Gasteiger partial charge is 0.386 e. The summed E-state index contributed by atoms with van der Waals surface area (Å²) in [6.07, 6.45) is -8.96. The van der Waals surface area contributed by atoms with Gasteiger partial charge >= 0.3 is 12.4 Å². The zero-order valence-corrected chi connectivity index (χ0v) is 19.4. The highest BCUT2D eigenvalue weighted by molar-refractivity contribution is 5.94. The minimum absolute atomic E-state index is 0.0812. The number of aromatic nitrogens is 1. The molecule has 1 aromatic carbocycles. The highest BCUT2D eigenvalue weighted by Crippen LogP contribution is 2.45. The van der Waals surface area contributed by atoms with E-state index >= 15 is 0 Å². The van der Waals surface area contributed by atoms with Gasteiger partial charge in [0.05, 0.1) is 17.7 Å². The molecule has 2 aromatic rings. The van der Waals surface area contributed by atoms with Gasteiger partial charge < -0.3 is 14.6 Å². The quantitative estimate of drug-likeness (QED) is 0.616. The van der Waals surface area contributed by atoms with Gasteiger partial charge in [0.2, 0.25) is 0 Å². The molecule has 0 unspecified atom stereocenters. The number of fused-ring (bicyclic) bond motifs is 2. The van der Waals surface area contributed by atoms with E-state index in [4.69, 9.17) is 0 Å². The Bertz CT molecular complexity index is 1070. The van der Waals surface area contributed by atoms with Crippen LogP contribution < -0.4 is 0 Å². The second-order valence-electron chi connectivity index (χ2n) is 9.75. The first kappa shape index (κ1) is 25.6. The fourth-order valence-electron chi connectivity index (χ4n) is 5.26. The first-order valence-electron chi connectivity index (χ1n) is 11.3. The second-order valence-corrected chi connectivity index (χ2v) is 9.75. The minimum Gasteiger partial charge on any atom is -0.386 e. The summed E-state index contributed by atoms with van der Waals surface area (Å²) in [5.74, 6) is -0.313. The maximum absolute atomic E-state index is 13.5. The van der Waals surface area contributed by atoms with Crippen molar-refractivity contribution in [2.24, 2.45) is 0 Å². The molecule has 3 heterocycles. The van der Waals surface area contributed by atoms with Gasteiger partial charge in [-0.3, -0.25) is 9.69 Å². The lowest BCUT2D eigenvalue weighted by Crippen LogP contribution is -2.60. The van der Waals surface area contributed by atoms with Crippen LogP contribution in [-0.2, 0) is 23.9 Å². The van der Waals surface area contributed by atoms with E-state index in [1.807, 2.05) is 0 Å². The van der Waals surface area contributed by atoms with E-state index in [0.29, 0.717) is 11.1 Å². The van der Waals surface area contributed by atoms with E-state index in [1.54, 1.807) is 38.1 Å². The summed E-state index contributed by atoms with van der Waals surface area (Å²) >= 11 is 0. The fraction of sp³-hybridized carbons (Fsp3) is 0.542. The molecular weight excluding hydrogens is 476 g/mol. The molecule has 1 amide bonds. The van der Waals surface area contributed by atoms with E-state index in [1.165, 1.54) is 15.9 Å². The molecule has 1 fully saturated rings. The Kier molecular flexibility index (Phi) is 6.24. The van der Waals surface area contributed by atoms with Gasteiger partial charge in [-0.05, 0) is 56.5 Å². The second kappa shape index (κ2) is 8.55. The third-order valence-corrected chi connectivity index (χ3v) is 7.03. The molecule has 1 saturated heterocycles. The number of aliphatic hydroxyl groups is 1. The molecule has 11 heteroatoms. The summed E-state index contributed by atoms with van der Waals surface area (Å²) in [7, 11) is 0. The normalized spacial score (nSPS) is 19.2. The van der Waals surface area contributed by atoms with Crippen LogP contribution in [0.15, 0.2) is 36.4 Å². The lowest BCUT2D eigenvalue weighted by molar-refractivity contribution is -0.171. The van der Waals surface area contributed by atoms with Gasteiger partial charge in [-0.2, -0.15) is 26.3 Å². The van der Waals surface area contributed by atoms with Gasteiger partial charge in [0.1, 0.15) is 5.69 Å². The van der Waals surface area contributed by atoms with Crippen LogP contribution in [0.25, 0.3) is 0 Å². The zero-order chi connectivity index (χ0) is 25.8. The van der Waals surface area contributed by atoms with Gasteiger partial charge in [0.15, 0.2) is 0 Å². The number of nitrogens with zero attached hydrogens (tertiary/aromatic N) is 3. The fourth-order valence-corrected chi connectivity index (χ4v) is 5.26. The van der Waals surface area contributed by atoms with Crippen LogP contribution in [0.4, 0.5) is 26.3 Å². The Balaban J connectivity index is 1.60. The summed E-state index contributed by atoms with van der Waals surface area (Å²) in [4.78, 5) is 15.8. The van der Waals surface area contributed by atoms with Crippen LogP contribution in [0.5, 0.6) is 0 Å². The van der Waals surface area contributed by atoms with Crippen molar-refractivity contribution in [2.45, 2.75) is 56.7 Å². The molecular formula is C24H27F6N3O2. The number of piperidine rings is 1. The van der Waals surface area contributed by atoms with Crippen molar-refractivity contribution in [3.8, 4) is 0 Å². The first-order valence-corrected chi connectivity index (χ1v) is 11.3. The van der Waals surface area contributed by atoms with E-state index in [9.17, 15) is 36.2 Å². The number of hydrogen-bond acceptors (Lipinski definition) is 3. The Morgan fingerprint density at radius 2 is 1.51 bits per heavy atom. The number of halogens is 6.